The minimum absolute atomic E-state index is 0.173. The summed E-state index contributed by atoms with van der Waals surface area (Å²) in [5.41, 5.74) is 0.892. The summed E-state index contributed by atoms with van der Waals surface area (Å²) < 4.78 is 39.5. The smallest absolute Gasteiger partial charge is 0.337 e. The average molecular weight is 538 g/mol. The van der Waals surface area contributed by atoms with Crippen molar-refractivity contribution < 1.29 is 32.3 Å². The van der Waals surface area contributed by atoms with Crippen molar-refractivity contribution >= 4 is 60.8 Å². The van der Waals surface area contributed by atoms with E-state index in [-0.39, 0.29) is 28.7 Å². The SMILES string of the molecule is CCOC(=O)Cn1c(=NC(=O)C2CCCN2S(=O)(=O)c2cccs2)sc2cc(C(=O)OC)ccc21. The van der Waals surface area contributed by atoms with E-state index in [9.17, 15) is 22.8 Å². The van der Waals surface area contributed by atoms with Crippen LogP contribution in [0.3, 0.4) is 0 Å². The molecule has 3 aromatic rings. The van der Waals surface area contributed by atoms with E-state index in [1.165, 1.54) is 22.0 Å². The molecule has 1 aliphatic heterocycles. The first-order valence-electron chi connectivity index (χ1n) is 10.8. The van der Waals surface area contributed by atoms with Gasteiger partial charge in [0.1, 0.15) is 16.8 Å². The molecular formula is C22H23N3O7S3. The van der Waals surface area contributed by atoms with Crippen LogP contribution in [0.1, 0.15) is 30.1 Å². The van der Waals surface area contributed by atoms with Gasteiger partial charge in [-0.1, -0.05) is 17.4 Å². The number of thiazole rings is 1. The Morgan fingerprint density at radius 3 is 2.71 bits per heavy atom. The number of fused-ring (bicyclic) bond motifs is 1. The van der Waals surface area contributed by atoms with E-state index >= 15 is 0 Å². The number of thiophene rings is 1. The summed E-state index contributed by atoms with van der Waals surface area (Å²) in [6, 6.07) is 7.01. The van der Waals surface area contributed by atoms with Gasteiger partial charge in [-0.2, -0.15) is 9.30 Å². The number of carbonyl (C=O) groups is 3. The second-order valence-electron chi connectivity index (χ2n) is 7.61. The van der Waals surface area contributed by atoms with Gasteiger partial charge in [-0.3, -0.25) is 9.59 Å². The zero-order valence-electron chi connectivity index (χ0n) is 19.0. The lowest BCUT2D eigenvalue weighted by atomic mass is 10.2. The van der Waals surface area contributed by atoms with Gasteiger partial charge in [0.2, 0.25) is 0 Å². The number of esters is 2. The largest absolute Gasteiger partial charge is 0.465 e. The molecule has 1 saturated heterocycles. The first-order chi connectivity index (χ1) is 16.8. The third-order valence-corrected chi connectivity index (χ3v) is 9.77. The maximum atomic E-state index is 13.2. The molecule has 0 spiro atoms. The molecule has 1 atom stereocenters. The molecule has 4 rings (SSSR count). The summed E-state index contributed by atoms with van der Waals surface area (Å²) in [5.74, 6) is -1.65. The Kier molecular flexibility index (Phi) is 7.50. The van der Waals surface area contributed by atoms with Crippen molar-refractivity contribution in [1.29, 1.82) is 0 Å². The third-order valence-electron chi connectivity index (χ3n) is 5.45. The Morgan fingerprint density at radius 1 is 1.23 bits per heavy atom. The zero-order valence-corrected chi connectivity index (χ0v) is 21.5. The highest BCUT2D eigenvalue weighted by atomic mass is 32.2. The van der Waals surface area contributed by atoms with Crippen molar-refractivity contribution in [2.24, 2.45) is 4.99 Å². The molecule has 1 aliphatic rings. The van der Waals surface area contributed by atoms with Gasteiger partial charge < -0.3 is 14.0 Å². The molecule has 0 bridgehead atoms. The molecule has 1 amide bonds. The predicted octanol–water partition coefficient (Wildman–Crippen LogP) is 2.39. The molecule has 186 valence electrons. The normalized spacial score (nSPS) is 17.1. The molecule has 0 aliphatic carbocycles. The van der Waals surface area contributed by atoms with Gasteiger partial charge in [-0.05, 0) is 49.4 Å². The van der Waals surface area contributed by atoms with Gasteiger partial charge in [0.05, 0.1) is 29.5 Å². The standard InChI is InChI=1S/C22H23N3O7S3/c1-3-32-18(26)13-24-15-9-8-14(21(28)31-2)12-17(15)34-22(24)23-20(27)16-6-4-10-25(16)35(29,30)19-7-5-11-33-19/h5,7-9,11-12,16H,3-4,6,10,13H2,1-2H3. The molecular weight excluding hydrogens is 514 g/mol. The molecule has 13 heteroatoms. The topological polar surface area (TPSA) is 124 Å². The van der Waals surface area contributed by atoms with Crippen LogP contribution in [0.5, 0.6) is 0 Å². The summed E-state index contributed by atoms with van der Waals surface area (Å²) >= 11 is 2.21. The van der Waals surface area contributed by atoms with E-state index in [4.69, 9.17) is 9.47 Å². The fourth-order valence-electron chi connectivity index (χ4n) is 3.86. The first-order valence-corrected chi connectivity index (χ1v) is 13.9. The third kappa shape index (κ3) is 5.08. The van der Waals surface area contributed by atoms with Gasteiger partial charge >= 0.3 is 11.9 Å². The van der Waals surface area contributed by atoms with Crippen molar-refractivity contribution in [2.45, 2.75) is 36.6 Å². The highest BCUT2D eigenvalue weighted by molar-refractivity contribution is 7.91. The molecule has 0 saturated carbocycles. The van der Waals surface area contributed by atoms with E-state index in [1.807, 2.05) is 0 Å². The highest BCUT2D eigenvalue weighted by Gasteiger charge is 2.40. The molecule has 0 N–H and O–H groups in total. The van der Waals surface area contributed by atoms with Crippen LogP contribution in [-0.4, -0.2) is 61.4 Å². The van der Waals surface area contributed by atoms with E-state index < -0.39 is 33.9 Å². The molecule has 2 aromatic heterocycles. The summed E-state index contributed by atoms with van der Waals surface area (Å²) in [4.78, 5) is 41.9. The Morgan fingerprint density at radius 2 is 2.03 bits per heavy atom. The van der Waals surface area contributed by atoms with Crippen LogP contribution in [0.25, 0.3) is 10.2 Å². The lowest BCUT2D eigenvalue weighted by Crippen LogP contribution is -2.40. The van der Waals surface area contributed by atoms with E-state index in [0.29, 0.717) is 28.6 Å². The van der Waals surface area contributed by atoms with Crippen molar-refractivity contribution in [1.82, 2.24) is 8.87 Å². The molecule has 3 heterocycles. The van der Waals surface area contributed by atoms with Gasteiger partial charge in [0.15, 0.2) is 4.80 Å². The number of hydrogen-bond acceptors (Lipinski definition) is 9. The number of methoxy groups -OCH3 is 1. The number of ether oxygens (including phenoxy) is 2. The van der Waals surface area contributed by atoms with Crippen LogP contribution < -0.4 is 4.80 Å². The van der Waals surface area contributed by atoms with Crippen LogP contribution in [0.15, 0.2) is 44.9 Å². The Hall–Kier alpha value is -2.87. The van der Waals surface area contributed by atoms with Gasteiger partial charge in [0, 0.05) is 6.54 Å². The summed E-state index contributed by atoms with van der Waals surface area (Å²) in [6.07, 6.45) is 0.885. The second kappa shape index (κ2) is 10.4. The van der Waals surface area contributed by atoms with E-state index in [0.717, 1.165) is 22.7 Å². The summed E-state index contributed by atoms with van der Waals surface area (Å²) in [5, 5.41) is 1.67. The second-order valence-corrected chi connectivity index (χ2v) is 11.7. The van der Waals surface area contributed by atoms with Crippen LogP contribution in [0.2, 0.25) is 0 Å². The van der Waals surface area contributed by atoms with Crippen molar-refractivity contribution in [3.8, 4) is 0 Å². The monoisotopic (exact) mass is 537 g/mol. The summed E-state index contributed by atoms with van der Waals surface area (Å²) in [6.45, 7) is 1.91. The van der Waals surface area contributed by atoms with Crippen molar-refractivity contribution in [2.75, 3.05) is 20.3 Å². The molecule has 0 radical (unpaired) electrons. The lowest BCUT2D eigenvalue weighted by Gasteiger charge is -2.20. The van der Waals surface area contributed by atoms with E-state index in [1.54, 1.807) is 36.6 Å². The minimum atomic E-state index is -3.82. The van der Waals surface area contributed by atoms with Crippen LogP contribution >= 0.6 is 22.7 Å². The number of amides is 1. The maximum absolute atomic E-state index is 13.2. The zero-order chi connectivity index (χ0) is 25.2. The number of benzene rings is 1. The molecule has 1 aromatic carbocycles. The fourth-order valence-corrected chi connectivity index (χ4v) is 7.71. The molecule has 10 nitrogen and oxygen atoms in total. The number of nitrogens with zero attached hydrogens (tertiary/aromatic N) is 3. The quantitative estimate of drug-likeness (QED) is 0.424. The molecule has 1 fully saturated rings. The van der Waals surface area contributed by atoms with Crippen LogP contribution in [0, 0.1) is 0 Å². The Bertz CT molecular complexity index is 1440. The summed E-state index contributed by atoms with van der Waals surface area (Å²) in [7, 11) is -2.54. The number of carbonyl (C=O) groups excluding carboxylic acids is 3. The predicted molar refractivity (Wildman–Crippen MR) is 130 cm³/mol. The first kappa shape index (κ1) is 25.2. The molecule has 1 unspecified atom stereocenters. The number of rotatable bonds is 7. The van der Waals surface area contributed by atoms with Gasteiger partial charge in [0.25, 0.3) is 15.9 Å². The molecule has 35 heavy (non-hydrogen) atoms. The van der Waals surface area contributed by atoms with Crippen molar-refractivity contribution in [3.05, 3.63) is 46.1 Å². The lowest BCUT2D eigenvalue weighted by molar-refractivity contribution is -0.143. The minimum Gasteiger partial charge on any atom is -0.465 e. The Balaban J connectivity index is 1.75. The van der Waals surface area contributed by atoms with Crippen LogP contribution in [-0.2, 0) is 35.6 Å². The average Bonchev–Trinajstić information content (AvgIpc) is 3.59. The van der Waals surface area contributed by atoms with Crippen LogP contribution in [0.4, 0.5) is 0 Å². The highest BCUT2D eigenvalue weighted by Crippen LogP contribution is 2.29. The number of aromatic nitrogens is 1. The Labute approximate surface area is 209 Å². The fraction of sp³-hybridized carbons (Fsp3) is 0.364. The van der Waals surface area contributed by atoms with Crippen molar-refractivity contribution in [3.63, 3.8) is 0 Å². The van der Waals surface area contributed by atoms with Gasteiger partial charge in [-0.15, -0.1) is 11.3 Å². The van der Waals surface area contributed by atoms with Gasteiger partial charge in [-0.25, -0.2) is 13.2 Å². The number of sulfonamides is 1. The maximum Gasteiger partial charge on any atom is 0.337 e. The van der Waals surface area contributed by atoms with E-state index in [2.05, 4.69) is 4.99 Å². The number of hydrogen-bond donors (Lipinski definition) is 0.